The van der Waals surface area contributed by atoms with E-state index >= 15 is 0 Å². The zero-order chi connectivity index (χ0) is 27.5. The Bertz CT molecular complexity index is 1080. The van der Waals surface area contributed by atoms with Crippen LogP contribution in [0.4, 0.5) is 0 Å². The molecule has 12 atom stereocenters. The van der Waals surface area contributed by atoms with Gasteiger partial charge in [0.2, 0.25) is 0 Å². The van der Waals surface area contributed by atoms with Crippen molar-refractivity contribution in [2.75, 3.05) is 19.8 Å². The van der Waals surface area contributed by atoms with Crippen molar-refractivity contribution in [3.05, 3.63) is 24.3 Å². The predicted molar refractivity (Wildman–Crippen MR) is 141 cm³/mol. The molecule has 7 aliphatic rings. The number of carbonyl (C=O) groups is 1. The van der Waals surface area contributed by atoms with Gasteiger partial charge in [-0.05, 0) is 49.9 Å². The molecule has 3 aliphatic heterocycles. The topological polar surface area (TPSA) is 96.0 Å². The Morgan fingerprint density at radius 3 is 2.62 bits per heavy atom. The second-order valence-corrected chi connectivity index (χ2v) is 13.9. The summed E-state index contributed by atoms with van der Waals surface area (Å²) in [7, 11) is 0. The van der Waals surface area contributed by atoms with Crippen molar-refractivity contribution in [3.8, 4) is 0 Å². The molecule has 0 aromatic rings. The van der Waals surface area contributed by atoms with Gasteiger partial charge in [0.1, 0.15) is 29.3 Å². The maximum Gasteiger partial charge on any atom is 0.317 e. The zero-order valence-corrected chi connectivity index (χ0v) is 23.9. The number of hydrogen-bond donors (Lipinski definition) is 1. The Balaban J connectivity index is 1.37. The van der Waals surface area contributed by atoms with Crippen molar-refractivity contribution in [2.45, 2.75) is 103 Å². The summed E-state index contributed by atoms with van der Waals surface area (Å²) < 4.78 is 38.6. The van der Waals surface area contributed by atoms with Gasteiger partial charge < -0.3 is 33.5 Å². The summed E-state index contributed by atoms with van der Waals surface area (Å²) >= 11 is 0. The summed E-state index contributed by atoms with van der Waals surface area (Å²) in [6.07, 6.45) is 5.32. The molecule has 39 heavy (non-hydrogen) atoms. The van der Waals surface area contributed by atoms with Crippen molar-refractivity contribution >= 4 is 5.97 Å². The predicted octanol–water partition coefficient (Wildman–Crippen LogP) is 4.33. The van der Waals surface area contributed by atoms with E-state index < -0.39 is 40.4 Å². The fraction of sp³-hybridized carbons (Fsp3) is 0.839. The average Bonchev–Trinajstić information content (AvgIpc) is 3.17. The molecule has 7 rings (SSSR count). The molecule has 0 spiro atoms. The van der Waals surface area contributed by atoms with E-state index in [9.17, 15) is 9.90 Å². The molecule has 0 amide bonds. The summed E-state index contributed by atoms with van der Waals surface area (Å²) in [5.74, 6) is 0.217. The third-order valence-corrected chi connectivity index (χ3v) is 11.8. The second kappa shape index (κ2) is 8.62. The van der Waals surface area contributed by atoms with Crippen LogP contribution in [0.2, 0.25) is 0 Å². The van der Waals surface area contributed by atoms with E-state index in [1.54, 1.807) is 6.08 Å². The maximum atomic E-state index is 14.1. The number of rotatable bonds is 8. The molecule has 216 valence electrons. The third kappa shape index (κ3) is 3.04. The quantitative estimate of drug-likeness (QED) is 0.357. The van der Waals surface area contributed by atoms with Gasteiger partial charge in [0.25, 0.3) is 0 Å². The molecule has 7 unspecified atom stereocenters. The van der Waals surface area contributed by atoms with Gasteiger partial charge in [-0.15, -0.1) is 6.58 Å². The van der Waals surface area contributed by atoms with Crippen LogP contribution in [0.25, 0.3) is 0 Å². The second-order valence-electron chi connectivity index (χ2n) is 13.9. The van der Waals surface area contributed by atoms with Crippen molar-refractivity contribution in [2.24, 2.45) is 39.9 Å². The minimum Gasteiger partial charge on any atom is -0.480 e. The van der Waals surface area contributed by atoms with Gasteiger partial charge >= 0.3 is 5.97 Å². The lowest BCUT2D eigenvalue weighted by Crippen LogP contribution is -2.70. The van der Waals surface area contributed by atoms with Crippen LogP contribution in [0.15, 0.2) is 24.3 Å². The van der Waals surface area contributed by atoms with E-state index in [1.165, 1.54) is 0 Å². The van der Waals surface area contributed by atoms with Gasteiger partial charge in [0, 0.05) is 10.8 Å². The Morgan fingerprint density at radius 2 is 1.95 bits per heavy atom. The summed E-state index contributed by atoms with van der Waals surface area (Å²) in [6.45, 7) is 15.9. The van der Waals surface area contributed by atoms with Crippen LogP contribution in [-0.4, -0.2) is 73.5 Å². The summed E-state index contributed by atoms with van der Waals surface area (Å²) in [6, 6.07) is 0. The molecule has 3 saturated heterocycles. The van der Waals surface area contributed by atoms with E-state index in [4.69, 9.17) is 28.4 Å². The molecule has 0 aromatic carbocycles. The normalized spacial score (nSPS) is 53.5. The molecule has 8 heteroatoms. The molecule has 6 fully saturated rings. The van der Waals surface area contributed by atoms with Crippen molar-refractivity contribution in [1.29, 1.82) is 0 Å². The molecule has 3 heterocycles. The number of epoxide rings is 1. The Labute approximate surface area is 231 Å². The van der Waals surface area contributed by atoms with Crippen LogP contribution < -0.4 is 0 Å². The Hall–Kier alpha value is -1.29. The lowest BCUT2D eigenvalue weighted by Gasteiger charge is -2.61. The van der Waals surface area contributed by atoms with Crippen LogP contribution >= 0.6 is 0 Å². The number of fused-ring (bicyclic) bond motifs is 3. The van der Waals surface area contributed by atoms with E-state index in [0.717, 1.165) is 18.4 Å². The van der Waals surface area contributed by atoms with Crippen LogP contribution in [0.5, 0.6) is 0 Å². The molecule has 0 radical (unpaired) electrons. The first-order chi connectivity index (χ1) is 18.6. The molecule has 3 saturated carbocycles. The van der Waals surface area contributed by atoms with Crippen molar-refractivity contribution in [3.63, 3.8) is 0 Å². The van der Waals surface area contributed by atoms with Gasteiger partial charge in [-0.3, -0.25) is 4.79 Å². The monoisotopic (exact) mass is 544 g/mol. The summed E-state index contributed by atoms with van der Waals surface area (Å²) in [5.41, 5.74) is -2.55. The average molecular weight is 545 g/mol. The number of carboxylic acids is 1. The Kier molecular flexibility index (Phi) is 5.88. The minimum absolute atomic E-state index is 0.0372. The van der Waals surface area contributed by atoms with Crippen LogP contribution in [0.1, 0.15) is 60.3 Å². The third-order valence-electron chi connectivity index (χ3n) is 11.8. The standard InChI is InChI=1S/C31H44O8/c1-7-10-34-22-18(5)37-25(24-23(22)38-24)39-30-13-19-17(4)8-9-20(19)29(27-35-11-12-36-27)15-28(30,6)14-21(16(2)3)31(29,30)26(32)33/h7,14,16-20,22-25,27H,1,8-13,15H2,2-6H3,(H,32,33)/t17?,18-,19?,20?,22+,23+,24+,25+,28?,29?,30?,31?/m1/s1. The van der Waals surface area contributed by atoms with Crippen LogP contribution in [-0.2, 0) is 33.2 Å². The molecular formula is C31H44O8. The number of ether oxygens (including phenoxy) is 6. The molecule has 1 N–H and O–H groups in total. The minimum atomic E-state index is -1.28. The lowest BCUT2D eigenvalue weighted by atomic mass is 9.44. The molecular weight excluding hydrogens is 500 g/mol. The molecule has 4 bridgehead atoms. The van der Waals surface area contributed by atoms with E-state index in [0.29, 0.717) is 44.5 Å². The first kappa shape index (κ1) is 26.6. The number of aliphatic carboxylic acids is 1. The van der Waals surface area contributed by atoms with E-state index in [1.807, 2.05) is 6.92 Å². The van der Waals surface area contributed by atoms with E-state index in [-0.39, 0.29) is 36.3 Å². The first-order valence-corrected chi connectivity index (χ1v) is 15.0. The van der Waals surface area contributed by atoms with Gasteiger partial charge in [0.05, 0.1) is 25.9 Å². The molecule has 0 aromatic heterocycles. The lowest BCUT2D eigenvalue weighted by molar-refractivity contribution is -0.316. The molecule has 8 nitrogen and oxygen atoms in total. The van der Waals surface area contributed by atoms with Crippen LogP contribution in [0, 0.1) is 39.9 Å². The van der Waals surface area contributed by atoms with Crippen LogP contribution in [0.3, 0.4) is 0 Å². The highest BCUT2D eigenvalue weighted by Gasteiger charge is 2.91. The highest BCUT2D eigenvalue weighted by molar-refractivity contribution is 5.86. The number of hydrogen-bond acceptors (Lipinski definition) is 7. The smallest absolute Gasteiger partial charge is 0.317 e. The van der Waals surface area contributed by atoms with Gasteiger partial charge in [0.15, 0.2) is 12.6 Å². The maximum absolute atomic E-state index is 14.1. The fourth-order valence-electron chi connectivity index (χ4n) is 10.6. The van der Waals surface area contributed by atoms with Crippen molar-refractivity contribution < 1.29 is 38.3 Å². The highest BCUT2D eigenvalue weighted by Crippen LogP contribution is 2.85. The number of carboxylic acid groups (broad SMARTS) is 1. The van der Waals surface area contributed by atoms with Gasteiger partial charge in [-0.1, -0.05) is 51.8 Å². The SMILES string of the molecule is C=CCO[C@@H]1[C@@H]2O[C@@H]2[C@H](OC23CC4C(C)CCC4C4(C5OCCO5)CC2(C)C=C(C(C)C)C43C(=O)O)O[C@@H]1C. The summed E-state index contributed by atoms with van der Waals surface area (Å²) in [5, 5.41) is 11.6. The largest absolute Gasteiger partial charge is 0.480 e. The fourth-order valence-corrected chi connectivity index (χ4v) is 10.6. The van der Waals surface area contributed by atoms with Gasteiger partial charge in [-0.25, -0.2) is 0 Å². The van der Waals surface area contributed by atoms with E-state index in [2.05, 4.69) is 40.3 Å². The van der Waals surface area contributed by atoms with Crippen molar-refractivity contribution in [1.82, 2.24) is 0 Å². The van der Waals surface area contributed by atoms with Gasteiger partial charge in [-0.2, -0.15) is 0 Å². The Morgan fingerprint density at radius 1 is 1.21 bits per heavy atom. The molecule has 4 aliphatic carbocycles. The first-order valence-electron chi connectivity index (χ1n) is 15.0. The summed E-state index contributed by atoms with van der Waals surface area (Å²) in [4.78, 5) is 14.1. The highest BCUT2D eigenvalue weighted by atomic mass is 16.8. The zero-order valence-electron chi connectivity index (χ0n) is 23.9.